The Labute approximate surface area is 53.4 Å². The first-order valence-electron chi connectivity index (χ1n) is 3.32. The van der Waals surface area contributed by atoms with E-state index in [9.17, 15) is 4.79 Å². The topological polar surface area (TPSA) is 38.3 Å². The SMILES string of the molecule is O=C1N[C@@H]2CCC[C@H]1O2. The van der Waals surface area contributed by atoms with Crippen LogP contribution in [0.3, 0.4) is 0 Å². The van der Waals surface area contributed by atoms with Crippen LogP contribution < -0.4 is 5.32 Å². The maximum atomic E-state index is 10.8. The van der Waals surface area contributed by atoms with Crippen molar-refractivity contribution < 1.29 is 9.53 Å². The highest BCUT2D eigenvalue weighted by Gasteiger charge is 2.35. The van der Waals surface area contributed by atoms with E-state index in [-0.39, 0.29) is 18.2 Å². The second kappa shape index (κ2) is 1.70. The number of carbonyl (C=O) groups excluding carboxylic acids is 1. The standard InChI is InChI=1S/C6H9NO2/c8-6-4-2-1-3-5(7-6)9-4/h4-5H,1-3H2,(H,7,8)/t4-,5+/m1/s1. The zero-order chi connectivity index (χ0) is 6.27. The van der Waals surface area contributed by atoms with Crippen LogP contribution in [0.1, 0.15) is 19.3 Å². The summed E-state index contributed by atoms with van der Waals surface area (Å²) in [4.78, 5) is 10.8. The normalized spacial score (nSPS) is 40.7. The molecule has 0 aliphatic carbocycles. The molecule has 3 nitrogen and oxygen atoms in total. The summed E-state index contributed by atoms with van der Waals surface area (Å²) in [5, 5.41) is 2.75. The van der Waals surface area contributed by atoms with Crippen molar-refractivity contribution >= 4 is 5.91 Å². The first-order valence-corrected chi connectivity index (χ1v) is 3.32. The third-order valence-corrected chi connectivity index (χ3v) is 1.86. The molecule has 3 heteroatoms. The van der Waals surface area contributed by atoms with Crippen LogP contribution in [0.4, 0.5) is 0 Å². The van der Waals surface area contributed by atoms with Crippen molar-refractivity contribution in [3.63, 3.8) is 0 Å². The molecule has 0 aromatic heterocycles. The quantitative estimate of drug-likeness (QED) is 0.498. The highest BCUT2D eigenvalue weighted by molar-refractivity contribution is 5.82. The molecule has 0 unspecified atom stereocenters. The van der Waals surface area contributed by atoms with E-state index in [1.807, 2.05) is 0 Å². The Balaban J connectivity index is 2.15. The molecule has 0 aromatic rings. The predicted molar refractivity (Wildman–Crippen MR) is 30.7 cm³/mol. The molecule has 2 fully saturated rings. The summed E-state index contributed by atoms with van der Waals surface area (Å²) in [5.74, 6) is 0.0810. The lowest BCUT2D eigenvalue weighted by Gasteiger charge is -2.15. The van der Waals surface area contributed by atoms with Crippen LogP contribution in [0.5, 0.6) is 0 Å². The first kappa shape index (κ1) is 5.23. The summed E-state index contributed by atoms with van der Waals surface area (Å²) in [6.45, 7) is 0. The van der Waals surface area contributed by atoms with Gasteiger partial charge in [0.25, 0.3) is 5.91 Å². The van der Waals surface area contributed by atoms with Crippen LogP contribution in [0.25, 0.3) is 0 Å². The largest absolute Gasteiger partial charge is 0.345 e. The second-order valence-corrected chi connectivity index (χ2v) is 2.55. The van der Waals surface area contributed by atoms with E-state index in [0.717, 1.165) is 19.3 Å². The van der Waals surface area contributed by atoms with Crippen molar-refractivity contribution in [1.82, 2.24) is 5.32 Å². The summed E-state index contributed by atoms with van der Waals surface area (Å²) in [5.41, 5.74) is 0. The van der Waals surface area contributed by atoms with Crippen molar-refractivity contribution in [1.29, 1.82) is 0 Å². The minimum Gasteiger partial charge on any atom is -0.345 e. The maximum Gasteiger partial charge on any atom is 0.251 e. The van der Waals surface area contributed by atoms with Crippen LogP contribution in [-0.4, -0.2) is 18.2 Å². The van der Waals surface area contributed by atoms with Crippen molar-refractivity contribution in [3.05, 3.63) is 0 Å². The summed E-state index contributed by atoms with van der Waals surface area (Å²) in [6, 6.07) is 0. The number of amides is 1. The molecule has 1 N–H and O–H groups in total. The molecule has 0 spiro atoms. The van der Waals surface area contributed by atoms with Gasteiger partial charge in [-0.3, -0.25) is 4.79 Å². The van der Waals surface area contributed by atoms with E-state index in [1.54, 1.807) is 0 Å². The Kier molecular flexibility index (Phi) is 0.990. The van der Waals surface area contributed by atoms with Gasteiger partial charge in [-0.05, 0) is 19.3 Å². The number of rotatable bonds is 0. The van der Waals surface area contributed by atoms with E-state index in [0.29, 0.717) is 0 Å². The Hall–Kier alpha value is -0.570. The fourth-order valence-corrected chi connectivity index (χ4v) is 1.37. The highest BCUT2D eigenvalue weighted by atomic mass is 16.5. The van der Waals surface area contributed by atoms with Gasteiger partial charge in [0.2, 0.25) is 0 Å². The summed E-state index contributed by atoms with van der Waals surface area (Å²) in [6.07, 6.45) is 2.93. The number of hydrogen-bond donors (Lipinski definition) is 1. The number of carbonyl (C=O) groups is 1. The molecular weight excluding hydrogens is 118 g/mol. The molecule has 2 saturated heterocycles. The third kappa shape index (κ3) is 0.721. The molecule has 50 valence electrons. The van der Waals surface area contributed by atoms with E-state index >= 15 is 0 Å². The van der Waals surface area contributed by atoms with Gasteiger partial charge in [-0.2, -0.15) is 0 Å². The highest BCUT2D eigenvalue weighted by Crippen LogP contribution is 2.22. The fraction of sp³-hybridized carbons (Fsp3) is 0.833. The molecule has 2 aliphatic heterocycles. The average molecular weight is 127 g/mol. The molecular formula is C6H9NO2. The molecule has 2 rings (SSSR count). The van der Waals surface area contributed by atoms with E-state index in [4.69, 9.17) is 4.74 Å². The molecule has 2 heterocycles. The van der Waals surface area contributed by atoms with Crippen LogP contribution >= 0.6 is 0 Å². The molecule has 0 aromatic carbocycles. The number of fused-ring (bicyclic) bond motifs is 2. The zero-order valence-corrected chi connectivity index (χ0v) is 5.09. The van der Waals surface area contributed by atoms with Crippen LogP contribution in [-0.2, 0) is 9.53 Å². The molecule has 2 bridgehead atoms. The molecule has 1 amide bonds. The average Bonchev–Trinajstić information content (AvgIpc) is 2.09. The molecule has 0 radical (unpaired) electrons. The summed E-state index contributed by atoms with van der Waals surface area (Å²) in [7, 11) is 0. The van der Waals surface area contributed by atoms with Gasteiger partial charge in [0, 0.05) is 0 Å². The van der Waals surface area contributed by atoms with E-state index in [2.05, 4.69) is 5.32 Å². The van der Waals surface area contributed by atoms with Crippen LogP contribution in [0, 0.1) is 0 Å². The van der Waals surface area contributed by atoms with Gasteiger partial charge in [-0.15, -0.1) is 0 Å². The van der Waals surface area contributed by atoms with Crippen LogP contribution in [0.2, 0.25) is 0 Å². The predicted octanol–water partition coefficient (Wildman–Crippen LogP) is 0.0114. The molecule has 2 atom stereocenters. The second-order valence-electron chi connectivity index (χ2n) is 2.55. The van der Waals surface area contributed by atoms with Crippen molar-refractivity contribution in [3.8, 4) is 0 Å². The Morgan fingerprint density at radius 3 is 3.11 bits per heavy atom. The van der Waals surface area contributed by atoms with Gasteiger partial charge < -0.3 is 10.1 Å². The maximum absolute atomic E-state index is 10.8. The van der Waals surface area contributed by atoms with Gasteiger partial charge in [-0.25, -0.2) is 0 Å². The lowest BCUT2D eigenvalue weighted by Crippen LogP contribution is -2.25. The van der Waals surface area contributed by atoms with Gasteiger partial charge in [0.05, 0.1) is 0 Å². The Morgan fingerprint density at radius 1 is 1.56 bits per heavy atom. The minimum atomic E-state index is -0.122. The smallest absolute Gasteiger partial charge is 0.251 e. The third-order valence-electron chi connectivity index (χ3n) is 1.86. The van der Waals surface area contributed by atoms with Gasteiger partial charge >= 0.3 is 0 Å². The zero-order valence-electron chi connectivity index (χ0n) is 5.09. The number of ether oxygens (including phenoxy) is 1. The van der Waals surface area contributed by atoms with Gasteiger partial charge in [0.15, 0.2) is 0 Å². The lowest BCUT2D eigenvalue weighted by molar-refractivity contribution is -0.124. The number of nitrogens with one attached hydrogen (secondary N) is 1. The number of hydrogen-bond acceptors (Lipinski definition) is 2. The first-order chi connectivity index (χ1) is 4.36. The van der Waals surface area contributed by atoms with Crippen molar-refractivity contribution in [2.45, 2.75) is 31.6 Å². The molecule has 0 saturated carbocycles. The summed E-state index contributed by atoms with van der Waals surface area (Å²) >= 11 is 0. The van der Waals surface area contributed by atoms with Crippen molar-refractivity contribution in [2.75, 3.05) is 0 Å². The van der Waals surface area contributed by atoms with E-state index < -0.39 is 0 Å². The fourth-order valence-electron chi connectivity index (χ4n) is 1.37. The monoisotopic (exact) mass is 127 g/mol. The van der Waals surface area contributed by atoms with Gasteiger partial charge in [0.1, 0.15) is 12.3 Å². The minimum absolute atomic E-state index is 0.0382. The molecule has 2 aliphatic rings. The van der Waals surface area contributed by atoms with E-state index in [1.165, 1.54) is 0 Å². The van der Waals surface area contributed by atoms with Crippen LogP contribution in [0.15, 0.2) is 0 Å². The lowest BCUT2D eigenvalue weighted by atomic mass is 10.1. The van der Waals surface area contributed by atoms with Crippen molar-refractivity contribution in [2.24, 2.45) is 0 Å². The van der Waals surface area contributed by atoms with Gasteiger partial charge in [-0.1, -0.05) is 0 Å². The Bertz CT molecular complexity index is 146. The summed E-state index contributed by atoms with van der Waals surface area (Å²) < 4.78 is 5.25. The molecule has 9 heavy (non-hydrogen) atoms. The Morgan fingerprint density at radius 2 is 2.44 bits per heavy atom.